The summed E-state index contributed by atoms with van der Waals surface area (Å²) in [6.07, 6.45) is 0. The van der Waals surface area contributed by atoms with Crippen molar-refractivity contribution in [2.45, 2.75) is 10.8 Å². The van der Waals surface area contributed by atoms with E-state index in [1.165, 1.54) is 88.0 Å². The lowest BCUT2D eigenvalue weighted by Crippen LogP contribution is -2.47. The molecule has 0 spiro atoms. The monoisotopic (exact) mass is 594 g/mol. The molecule has 3 aliphatic carbocycles. The second-order valence-electron chi connectivity index (χ2n) is 13.5. The van der Waals surface area contributed by atoms with Gasteiger partial charge in [-0.3, -0.25) is 0 Å². The van der Waals surface area contributed by atoms with Gasteiger partial charge in [-0.05, 0) is 89.3 Å². The van der Waals surface area contributed by atoms with Crippen molar-refractivity contribution in [1.29, 1.82) is 0 Å². The van der Waals surface area contributed by atoms with Crippen LogP contribution in [0.15, 0.2) is 162 Å². The Morgan fingerprint density at radius 1 is 0.298 bits per heavy atom. The third-order valence-corrected chi connectivity index (χ3v) is 11.8. The molecule has 0 aliphatic heterocycles. The van der Waals surface area contributed by atoms with Crippen molar-refractivity contribution in [3.63, 3.8) is 0 Å². The third kappa shape index (κ3) is 2.48. The maximum Gasteiger partial charge on any atom is 0.135 e. The molecule has 47 heavy (non-hydrogen) atoms. The van der Waals surface area contributed by atoms with E-state index in [4.69, 9.17) is 4.42 Å². The molecular formula is C46H26O. The Kier molecular flexibility index (Phi) is 4.18. The van der Waals surface area contributed by atoms with Crippen molar-refractivity contribution < 1.29 is 4.42 Å². The molecule has 0 atom stereocenters. The summed E-state index contributed by atoms with van der Waals surface area (Å²) in [7, 11) is 0. The number of furan rings is 1. The summed E-state index contributed by atoms with van der Waals surface area (Å²) in [5.74, 6) is 0. The van der Waals surface area contributed by atoms with Gasteiger partial charge < -0.3 is 4.42 Å². The molecule has 0 fully saturated rings. The second kappa shape index (κ2) is 8.07. The van der Waals surface area contributed by atoms with Crippen LogP contribution in [0.2, 0.25) is 0 Å². The van der Waals surface area contributed by atoms with E-state index >= 15 is 0 Å². The van der Waals surface area contributed by atoms with Crippen LogP contribution < -0.4 is 0 Å². The average molecular weight is 595 g/mol. The molecule has 1 heterocycles. The van der Waals surface area contributed by atoms with Gasteiger partial charge in [-0.1, -0.05) is 146 Å². The van der Waals surface area contributed by atoms with Gasteiger partial charge >= 0.3 is 0 Å². The molecule has 8 aromatic carbocycles. The van der Waals surface area contributed by atoms with Gasteiger partial charge in [-0.2, -0.15) is 0 Å². The van der Waals surface area contributed by atoms with Crippen molar-refractivity contribution in [2.75, 3.05) is 0 Å². The topological polar surface area (TPSA) is 13.1 Å². The fourth-order valence-electron chi connectivity index (χ4n) is 10.4. The van der Waals surface area contributed by atoms with E-state index in [-0.39, 0.29) is 0 Å². The van der Waals surface area contributed by atoms with Crippen LogP contribution in [-0.2, 0) is 10.8 Å². The van der Waals surface area contributed by atoms with Gasteiger partial charge in [0.25, 0.3) is 0 Å². The van der Waals surface area contributed by atoms with Gasteiger partial charge in [-0.15, -0.1) is 0 Å². The van der Waals surface area contributed by atoms with Crippen LogP contribution in [0.3, 0.4) is 0 Å². The number of rotatable bonds is 2. The normalized spacial score (nSPS) is 19.7. The first kappa shape index (κ1) is 24.3. The fraction of sp³-hybridized carbons (Fsp3) is 0.0435. The summed E-state index contributed by atoms with van der Waals surface area (Å²) in [5.41, 5.74) is 14.3. The maximum atomic E-state index is 6.65. The zero-order valence-corrected chi connectivity index (χ0v) is 25.4. The Labute approximate surface area is 271 Å². The van der Waals surface area contributed by atoms with Gasteiger partial charge in [0.2, 0.25) is 0 Å². The van der Waals surface area contributed by atoms with Crippen molar-refractivity contribution >= 4 is 43.5 Å². The van der Waals surface area contributed by atoms with Crippen molar-refractivity contribution in [1.82, 2.24) is 0 Å². The molecule has 1 nitrogen and oxygen atoms in total. The lowest BCUT2D eigenvalue weighted by Gasteiger charge is -2.48. The molecule has 1 aromatic heterocycles. The highest BCUT2D eigenvalue weighted by Crippen LogP contribution is 2.75. The number of benzene rings is 8. The molecule has 12 rings (SSSR count). The molecule has 0 radical (unpaired) electrons. The minimum absolute atomic E-state index is 0.466. The summed E-state index contributed by atoms with van der Waals surface area (Å²) in [6.45, 7) is 0. The smallest absolute Gasteiger partial charge is 0.135 e. The van der Waals surface area contributed by atoms with Gasteiger partial charge in [-0.25, -0.2) is 0 Å². The van der Waals surface area contributed by atoms with E-state index in [1.807, 2.05) is 0 Å². The van der Waals surface area contributed by atoms with E-state index in [0.29, 0.717) is 0 Å². The quantitative estimate of drug-likeness (QED) is 0.194. The molecule has 9 aromatic rings. The highest BCUT2D eigenvalue weighted by molar-refractivity contribution is 6.20. The highest BCUT2D eigenvalue weighted by atomic mass is 16.3. The van der Waals surface area contributed by atoms with Gasteiger partial charge in [0.15, 0.2) is 0 Å². The molecule has 0 N–H and O–H groups in total. The summed E-state index contributed by atoms with van der Waals surface area (Å²) in [4.78, 5) is 0. The average Bonchev–Trinajstić information content (AvgIpc) is 3.75. The molecule has 0 amide bonds. The highest BCUT2D eigenvalue weighted by Gasteiger charge is 2.68. The minimum Gasteiger partial charge on any atom is -0.456 e. The zero-order chi connectivity index (χ0) is 30.5. The molecular weight excluding hydrogens is 569 g/mol. The van der Waals surface area contributed by atoms with Crippen molar-refractivity contribution in [3.8, 4) is 22.3 Å². The van der Waals surface area contributed by atoms with Gasteiger partial charge in [0.05, 0.1) is 10.8 Å². The van der Waals surface area contributed by atoms with E-state index in [1.54, 1.807) is 0 Å². The second-order valence-corrected chi connectivity index (χ2v) is 13.5. The maximum absolute atomic E-state index is 6.65. The summed E-state index contributed by atoms with van der Waals surface area (Å²) >= 11 is 0. The van der Waals surface area contributed by atoms with E-state index in [0.717, 1.165) is 11.2 Å². The first-order chi connectivity index (χ1) is 23.3. The molecule has 0 unspecified atom stereocenters. The predicted octanol–water partition coefficient (Wildman–Crippen LogP) is 11.5. The van der Waals surface area contributed by atoms with Crippen LogP contribution in [0.4, 0.5) is 0 Å². The van der Waals surface area contributed by atoms with E-state index in [9.17, 15) is 0 Å². The Hall–Kier alpha value is -5.92. The van der Waals surface area contributed by atoms with Crippen LogP contribution in [0, 0.1) is 0 Å². The first-order valence-electron chi connectivity index (χ1n) is 16.5. The number of hydrogen-bond donors (Lipinski definition) is 0. The van der Waals surface area contributed by atoms with E-state index in [2.05, 4.69) is 158 Å². The first-order valence-corrected chi connectivity index (χ1v) is 16.5. The molecule has 0 saturated carbocycles. The SMILES string of the molecule is c1ccc(-c2ccc3c4c(cccc24)C24c5cccc6c(-c7ccccc7)ccc(c56)C32c2cccc3oc5cccc4c5c23)cc1. The van der Waals surface area contributed by atoms with Crippen molar-refractivity contribution in [3.05, 3.63) is 191 Å². The minimum atomic E-state index is -0.466. The molecule has 0 saturated heterocycles. The lowest BCUT2D eigenvalue weighted by molar-refractivity contribution is 0.469. The van der Waals surface area contributed by atoms with Gasteiger partial charge in [0.1, 0.15) is 11.2 Å². The van der Waals surface area contributed by atoms with Crippen LogP contribution in [-0.4, -0.2) is 0 Å². The Morgan fingerprint density at radius 3 is 1.13 bits per heavy atom. The van der Waals surface area contributed by atoms with Crippen molar-refractivity contribution in [2.24, 2.45) is 0 Å². The molecule has 216 valence electrons. The summed E-state index contributed by atoms with van der Waals surface area (Å²) in [5, 5.41) is 7.93. The standard InChI is InChI=1S/C46H26O/c1-3-11-27(12-4-1)29-23-25-37-41-31(29)15-7-17-33(41)45-34-18-8-16-32-30(28-13-5-2-6-14-28)24-26-38(42(32)34)46(37,45)36-20-10-22-40-44(36)43-35(45)19-9-21-39(43)47-40/h1-26H. The molecule has 1 heteroatoms. The van der Waals surface area contributed by atoms with E-state index < -0.39 is 10.8 Å². The summed E-state index contributed by atoms with van der Waals surface area (Å²) in [6, 6.07) is 59.1. The molecule has 3 aliphatic rings. The largest absolute Gasteiger partial charge is 0.456 e. The Bertz CT molecular complexity index is 2620. The zero-order valence-electron chi connectivity index (χ0n) is 25.4. The van der Waals surface area contributed by atoms with Crippen LogP contribution in [0.25, 0.3) is 65.7 Å². The lowest BCUT2D eigenvalue weighted by atomic mass is 9.51. The fourth-order valence-corrected chi connectivity index (χ4v) is 10.4. The van der Waals surface area contributed by atoms with Crippen LogP contribution in [0.5, 0.6) is 0 Å². The Morgan fingerprint density at radius 2 is 0.681 bits per heavy atom. The molecule has 0 bridgehead atoms. The number of hydrogen-bond acceptors (Lipinski definition) is 1. The predicted molar refractivity (Wildman–Crippen MR) is 192 cm³/mol. The van der Waals surface area contributed by atoms with Crippen LogP contribution in [0.1, 0.15) is 33.4 Å². The third-order valence-electron chi connectivity index (χ3n) is 11.8. The Balaban J connectivity index is 1.35. The van der Waals surface area contributed by atoms with Gasteiger partial charge in [0, 0.05) is 10.8 Å². The summed E-state index contributed by atoms with van der Waals surface area (Å²) < 4.78 is 6.65. The van der Waals surface area contributed by atoms with Crippen LogP contribution >= 0.6 is 0 Å².